The number of phenolic OH excluding ortho intramolecular Hbond substituents is 1. The lowest BCUT2D eigenvalue weighted by molar-refractivity contribution is 0.446. The number of hydrogen-bond acceptors (Lipinski definition) is 4. The summed E-state index contributed by atoms with van der Waals surface area (Å²) in [5.41, 5.74) is 1.41. The molecule has 4 nitrogen and oxygen atoms in total. The Kier molecular flexibility index (Phi) is 3.78. The largest absolute Gasteiger partial charge is 0.508 e. The normalized spacial score (nSPS) is 12.6. The number of hydrogen-bond donors (Lipinski definition) is 3. The first kappa shape index (κ1) is 12.8. The van der Waals surface area contributed by atoms with E-state index in [-0.39, 0.29) is 16.7 Å². The van der Waals surface area contributed by atoms with Gasteiger partial charge < -0.3 is 15.4 Å². The molecule has 1 aromatic heterocycles. The molecule has 18 heavy (non-hydrogen) atoms. The molecular weight excluding hydrogens is 255 g/mol. The number of benzene rings is 1. The minimum atomic E-state index is -0.467. The first-order valence-corrected chi connectivity index (χ1v) is 6.32. The van der Waals surface area contributed by atoms with E-state index in [4.69, 9.17) is 0 Å². The van der Waals surface area contributed by atoms with Crippen LogP contribution in [0.2, 0.25) is 0 Å². The zero-order valence-electron chi connectivity index (χ0n) is 9.74. The molecule has 0 bridgehead atoms. The van der Waals surface area contributed by atoms with Gasteiger partial charge >= 0.3 is 4.87 Å². The average molecular weight is 268 g/mol. The highest BCUT2D eigenvalue weighted by Crippen LogP contribution is 2.24. The molecule has 0 amide bonds. The fourth-order valence-corrected chi connectivity index (χ4v) is 2.24. The predicted octanol–water partition coefficient (Wildman–Crippen LogP) is 2.13. The van der Waals surface area contributed by atoms with Crippen molar-refractivity contribution in [3.8, 4) is 5.75 Å². The Morgan fingerprint density at radius 2 is 2.33 bits per heavy atom. The van der Waals surface area contributed by atoms with E-state index in [0.29, 0.717) is 12.1 Å². The number of phenols is 1. The predicted molar refractivity (Wildman–Crippen MR) is 68.3 cm³/mol. The molecule has 0 saturated carbocycles. The highest BCUT2D eigenvalue weighted by atomic mass is 32.1. The summed E-state index contributed by atoms with van der Waals surface area (Å²) < 4.78 is 12.8. The summed E-state index contributed by atoms with van der Waals surface area (Å²) in [6.07, 6.45) is 0. The van der Waals surface area contributed by atoms with Crippen LogP contribution >= 0.6 is 11.3 Å². The maximum absolute atomic E-state index is 12.8. The SMILES string of the molecule is CC(NCc1csc(=O)[nH]1)c1ccc(F)cc1O. The van der Waals surface area contributed by atoms with Crippen molar-refractivity contribution in [1.82, 2.24) is 10.3 Å². The molecule has 0 spiro atoms. The Hall–Kier alpha value is -1.66. The Morgan fingerprint density at radius 1 is 1.56 bits per heavy atom. The molecule has 2 rings (SSSR count). The average Bonchev–Trinajstić information content (AvgIpc) is 2.72. The van der Waals surface area contributed by atoms with Crippen molar-refractivity contribution in [3.63, 3.8) is 0 Å². The van der Waals surface area contributed by atoms with Crippen molar-refractivity contribution in [3.05, 3.63) is 50.3 Å². The first-order valence-electron chi connectivity index (χ1n) is 5.45. The Bertz CT molecular complexity index is 594. The molecule has 1 heterocycles. The lowest BCUT2D eigenvalue weighted by Gasteiger charge is -2.14. The van der Waals surface area contributed by atoms with Crippen molar-refractivity contribution in [2.75, 3.05) is 0 Å². The van der Waals surface area contributed by atoms with Gasteiger partial charge in [0.15, 0.2) is 0 Å². The summed E-state index contributed by atoms with van der Waals surface area (Å²) in [5.74, 6) is -0.542. The Morgan fingerprint density at radius 3 is 2.94 bits per heavy atom. The number of nitrogens with one attached hydrogen (secondary N) is 2. The van der Waals surface area contributed by atoms with Gasteiger partial charge in [-0.05, 0) is 13.0 Å². The highest BCUT2D eigenvalue weighted by Gasteiger charge is 2.10. The smallest absolute Gasteiger partial charge is 0.304 e. The topological polar surface area (TPSA) is 65.1 Å². The van der Waals surface area contributed by atoms with Gasteiger partial charge in [-0.1, -0.05) is 17.4 Å². The van der Waals surface area contributed by atoms with Crippen molar-refractivity contribution < 1.29 is 9.50 Å². The molecule has 0 fully saturated rings. The van der Waals surface area contributed by atoms with Gasteiger partial charge in [0.25, 0.3) is 0 Å². The summed E-state index contributed by atoms with van der Waals surface area (Å²) in [7, 11) is 0. The quantitative estimate of drug-likeness (QED) is 0.796. The second-order valence-corrected chi connectivity index (χ2v) is 4.82. The van der Waals surface area contributed by atoms with Crippen LogP contribution in [0.5, 0.6) is 5.75 Å². The maximum atomic E-state index is 12.8. The van der Waals surface area contributed by atoms with E-state index in [1.165, 1.54) is 6.07 Å². The van der Waals surface area contributed by atoms with Gasteiger partial charge in [-0.3, -0.25) is 4.79 Å². The molecule has 96 valence electrons. The van der Waals surface area contributed by atoms with Crippen LogP contribution in [0.25, 0.3) is 0 Å². The van der Waals surface area contributed by atoms with Crippen LogP contribution in [0.3, 0.4) is 0 Å². The molecule has 0 aliphatic carbocycles. The summed E-state index contributed by atoms with van der Waals surface area (Å²) >= 11 is 1.11. The second-order valence-electron chi connectivity index (χ2n) is 3.98. The second kappa shape index (κ2) is 5.32. The molecule has 3 N–H and O–H groups in total. The molecule has 1 unspecified atom stereocenters. The molecule has 2 aromatic rings. The number of thiazole rings is 1. The third-order valence-corrected chi connectivity index (χ3v) is 3.35. The third-order valence-electron chi connectivity index (χ3n) is 2.63. The number of H-pyrrole nitrogens is 1. The monoisotopic (exact) mass is 268 g/mol. The number of aromatic hydroxyl groups is 1. The van der Waals surface area contributed by atoms with E-state index >= 15 is 0 Å². The van der Waals surface area contributed by atoms with Crippen LogP contribution < -0.4 is 10.2 Å². The fraction of sp³-hybridized carbons (Fsp3) is 0.250. The lowest BCUT2D eigenvalue weighted by atomic mass is 10.1. The molecule has 0 aliphatic heterocycles. The van der Waals surface area contributed by atoms with Gasteiger partial charge in [0.2, 0.25) is 0 Å². The van der Waals surface area contributed by atoms with Gasteiger partial charge in [-0.15, -0.1) is 0 Å². The van der Waals surface area contributed by atoms with Crippen molar-refractivity contribution in [2.24, 2.45) is 0 Å². The molecule has 6 heteroatoms. The van der Waals surface area contributed by atoms with Crippen LogP contribution in [0.4, 0.5) is 4.39 Å². The molecule has 0 saturated heterocycles. The van der Waals surface area contributed by atoms with E-state index in [1.807, 2.05) is 6.92 Å². The maximum Gasteiger partial charge on any atom is 0.304 e. The van der Waals surface area contributed by atoms with Crippen LogP contribution in [-0.4, -0.2) is 10.1 Å². The molecular formula is C12H13FN2O2S. The standard InChI is InChI=1S/C12H13FN2O2S/c1-7(10-3-2-8(13)4-11(10)16)14-5-9-6-18-12(17)15-9/h2-4,6-7,14,16H,5H2,1H3,(H,15,17). The number of halogens is 1. The van der Waals surface area contributed by atoms with Crippen LogP contribution in [-0.2, 0) is 6.54 Å². The molecule has 0 aliphatic rings. The van der Waals surface area contributed by atoms with Crippen molar-refractivity contribution in [1.29, 1.82) is 0 Å². The zero-order chi connectivity index (χ0) is 13.1. The Labute approximate surface area is 107 Å². The number of aromatic amines is 1. The summed E-state index contributed by atoms with van der Waals surface area (Å²) in [4.78, 5) is 13.5. The van der Waals surface area contributed by atoms with Crippen molar-refractivity contribution >= 4 is 11.3 Å². The van der Waals surface area contributed by atoms with Crippen LogP contribution in [0, 0.1) is 5.82 Å². The minimum absolute atomic E-state index is 0.0752. The highest BCUT2D eigenvalue weighted by molar-refractivity contribution is 7.07. The van der Waals surface area contributed by atoms with Crippen LogP contribution in [0.1, 0.15) is 24.2 Å². The fourth-order valence-electron chi connectivity index (χ4n) is 1.66. The molecule has 1 aromatic carbocycles. The lowest BCUT2D eigenvalue weighted by Crippen LogP contribution is -2.19. The third kappa shape index (κ3) is 2.96. The van der Waals surface area contributed by atoms with Crippen molar-refractivity contribution in [2.45, 2.75) is 19.5 Å². The number of rotatable bonds is 4. The Balaban J connectivity index is 2.03. The summed E-state index contributed by atoms with van der Waals surface area (Å²) in [5, 5.41) is 14.5. The van der Waals surface area contributed by atoms with E-state index in [0.717, 1.165) is 23.1 Å². The van der Waals surface area contributed by atoms with E-state index < -0.39 is 5.82 Å². The van der Waals surface area contributed by atoms with E-state index in [9.17, 15) is 14.3 Å². The summed E-state index contributed by atoms with van der Waals surface area (Å²) in [6.45, 7) is 2.34. The van der Waals surface area contributed by atoms with Gasteiger partial charge in [-0.25, -0.2) is 4.39 Å². The zero-order valence-corrected chi connectivity index (χ0v) is 10.6. The molecule has 1 atom stereocenters. The number of aromatic nitrogens is 1. The van der Waals surface area contributed by atoms with E-state index in [2.05, 4.69) is 10.3 Å². The molecule has 0 radical (unpaired) electrons. The summed E-state index contributed by atoms with van der Waals surface area (Å²) in [6, 6.07) is 3.78. The minimum Gasteiger partial charge on any atom is -0.508 e. The first-order chi connectivity index (χ1) is 8.56. The van der Waals surface area contributed by atoms with Gasteiger partial charge in [0.1, 0.15) is 11.6 Å². The van der Waals surface area contributed by atoms with Gasteiger partial charge in [0, 0.05) is 35.3 Å². The van der Waals surface area contributed by atoms with E-state index in [1.54, 1.807) is 11.4 Å². The van der Waals surface area contributed by atoms with Gasteiger partial charge in [-0.2, -0.15) is 0 Å². The van der Waals surface area contributed by atoms with Crippen LogP contribution in [0.15, 0.2) is 28.4 Å². The van der Waals surface area contributed by atoms with Gasteiger partial charge in [0.05, 0.1) is 0 Å².